The number of likely N-dealkylation sites (tertiary alicyclic amines) is 1. The third-order valence-electron chi connectivity index (χ3n) is 4.93. The molecule has 0 spiro atoms. The van der Waals surface area contributed by atoms with Gasteiger partial charge in [-0.1, -0.05) is 30.3 Å². The van der Waals surface area contributed by atoms with Gasteiger partial charge in [0.15, 0.2) is 5.82 Å². The second-order valence-electron chi connectivity index (χ2n) is 6.83. The van der Waals surface area contributed by atoms with Crippen LogP contribution in [0.5, 0.6) is 0 Å². The van der Waals surface area contributed by atoms with Crippen molar-refractivity contribution in [1.29, 1.82) is 0 Å². The number of benzene rings is 1. The molecule has 0 unspecified atom stereocenters. The molecule has 7 heteroatoms. The van der Waals surface area contributed by atoms with Gasteiger partial charge in [0.1, 0.15) is 0 Å². The molecule has 0 bridgehead atoms. The Kier molecular flexibility index (Phi) is 5.85. The zero-order valence-corrected chi connectivity index (χ0v) is 16.0. The summed E-state index contributed by atoms with van der Waals surface area (Å²) in [5.41, 5.74) is 1.92. The van der Waals surface area contributed by atoms with E-state index >= 15 is 0 Å². The Balaban J connectivity index is 1.39. The van der Waals surface area contributed by atoms with Crippen molar-refractivity contribution in [2.75, 3.05) is 18.4 Å². The molecule has 3 heterocycles. The summed E-state index contributed by atoms with van der Waals surface area (Å²) in [5, 5.41) is 3.15. The number of piperidine rings is 1. The number of aromatic nitrogens is 4. The van der Waals surface area contributed by atoms with Crippen LogP contribution in [-0.2, 0) is 4.79 Å². The third-order valence-corrected chi connectivity index (χ3v) is 4.93. The minimum atomic E-state index is 0.0440. The molecule has 1 saturated heterocycles. The van der Waals surface area contributed by atoms with E-state index in [1.807, 2.05) is 41.3 Å². The lowest BCUT2D eigenvalue weighted by atomic mass is 9.93. The SMILES string of the molecule is O=C(/C=C/c1ccccc1)N1CCC(c2nccnc2Nc2ncccn2)CC1. The maximum Gasteiger partial charge on any atom is 0.246 e. The Bertz CT molecular complexity index is 969. The van der Waals surface area contributed by atoms with Gasteiger partial charge in [0, 0.05) is 49.9 Å². The molecule has 2 aromatic heterocycles. The monoisotopic (exact) mass is 386 g/mol. The zero-order valence-electron chi connectivity index (χ0n) is 16.0. The Morgan fingerprint density at radius 3 is 2.41 bits per heavy atom. The number of amides is 1. The predicted molar refractivity (Wildman–Crippen MR) is 111 cm³/mol. The highest BCUT2D eigenvalue weighted by Gasteiger charge is 2.26. The molecule has 0 atom stereocenters. The smallest absolute Gasteiger partial charge is 0.246 e. The van der Waals surface area contributed by atoms with Crippen LogP contribution < -0.4 is 5.32 Å². The second kappa shape index (κ2) is 9.05. The van der Waals surface area contributed by atoms with Crippen LogP contribution in [0.3, 0.4) is 0 Å². The van der Waals surface area contributed by atoms with Crippen LogP contribution in [0.15, 0.2) is 67.3 Å². The molecule has 146 valence electrons. The van der Waals surface area contributed by atoms with Crippen molar-refractivity contribution < 1.29 is 4.79 Å². The molecule has 1 fully saturated rings. The summed E-state index contributed by atoms with van der Waals surface area (Å²) in [7, 11) is 0. The normalized spacial score (nSPS) is 14.8. The average Bonchev–Trinajstić information content (AvgIpc) is 2.79. The molecule has 3 aromatic rings. The van der Waals surface area contributed by atoms with E-state index in [1.165, 1.54) is 0 Å². The molecular weight excluding hydrogens is 364 g/mol. The fraction of sp³-hybridized carbons (Fsp3) is 0.227. The lowest BCUT2D eigenvalue weighted by Crippen LogP contribution is -2.37. The number of nitrogens with zero attached hydrogens (tertiary/aromatic N) is 5. The van der Waals surface area contributed by atoms with Gasteiger partial charge in [-0.2, -0.15) is 0 Å². The van der Waals surface area contributed by atoms with Crippen molar-refractivity contribution >= 4 is 23.7 Å². The molecule has 1 aliphatic rings. The molecule has 7 nitrogen and oxygen atoms in total. The van der Waals surface area contributed by atoms with Crippen LogP contribution >= 0.6 is 0 Å². The van der Waals surface area contributed by atoms with E-state index in [0.29, 0.717) is 24.9 Å². The summed E-state index contributed by atoms with van der Waals surface area (Å²) in [6.45, 7) is 1.39. The van der Waals surface area contributed by atoms with E-state index in [4.69, 9.17) is 0 Å². The van der Waals surface area contributed by atoms with Crippen molar-refractivity contribution in [3.63, 3.8) is 0 Å². The van der Waals surface area contributed by atoms with Gasteiger partial charge in [0.25, 0.3) is 0 Å². The molecule has 29 heavy (non-hydrogen) atoms. The number of hydrogen-bond donors (Lipinski definition) is 1. The van der Waals surface area contributed by atoms with Gasteiger partial charge < -0.3 is 10.2 Å². The van der Waals surface area contributed by atoms with Gasteiger partial charge in [-0.3, -0.25) is 9.78 Å². The summed E-state index contributed by atoms with van der Waals surface area (Å²) in [6.07, 6.45) is 11.9. The Morgan fingerprint density at radius 2 is 1.66 bits per heavy atom. The van der Waals surface area contributed by atoms with Gasteiger partial charge in [-0.15, -0.1) is 0 Å². The highest BCUT2D eigenvalue weighted by Crippen LogP contribution is 2.31. The van der Waals surface area contributed by atoms with Crippen LogP contribution in [0, 0.1) is 0 Å². The second-order valence-corrected chi connectivity index (χ2v) is 6.83. The van der Waals surface area contributed by atoms with Crippen molar-refractivity contribution in [2.24, 2.45) is 0 Å². The van der Waals surface area contributed by atoms with Crippen LogP contribution in [0.1, 0.15) is 30.0 Å². The highest BCUT2D eigenvalue weighted by atomic mass is 16.2. The summed E-state index contributed by atoms with van der Waals surface area (Å²) in [5.74, 6) is 1.44. The zero-order chi connectivity index (χ0) is 19.9. The fourth-order valence-electron chi connectivity index (χ4n) is 3.42. The van der Waals surface area contributed by atoms with Crippen molar-refractivity contribution in [1.82, 2.24) is 24.8 Å². The Hall–Kier alpha value is -3.61. The van der Waals surface area contributed by atoms with Crippen molar-refractivity contribution in [3.8, 4) is 0 Å². The van der Waals surface area contributed by atoms with E-state index in [2.05, 4.69) is 25.3 Å². The molecule has 0 saturated carbocycles. The minimum Gasteiger partial charge on any atom is -0.339 e. The topological polar surface area (TPSA) is 83.9 Å². The number of nitrogens with one attached hydrogen (secondary N) is 1. The van der Waals surface area contributed by atoms with Gasteiger partial charge in [-0.05, 0) is 30.5 Å². The standard InChI is InChI=1S/C22H22N6O/c29-19(8-7-17-5-2-1-3-6-17)28-15-9-18(10-16-28)20-21(24-14-13-23-20)27-22-25-11-4-12-26-22/h1-8,11-14,18H,9-10,15-16H2,(H,24,25,26,27)/b8-7+. The van der Waals surface area contributed by atoms with E-state index in [-0.39, 0.29) is 11.8 Å². The van der Waals surface area contributed by atoms with Crippen molar-refractivity contribution in [2.45, 2.75) is 18.8 Å². The maximum absolute atomic E-state index is 12.5. The molecule has 0 radical (unpaired) electrons. The summed E-state index contributed by atoms with van der Waals surface area (Å²) < 4.78 is 0. The van der Waals surface area contributed by atoms with Gasteiger partial charge in [0.2, 0.25) is 11.9 Å². The van der Waals surface area contributed by atoms with E-state index in [0.717, 1.165) is 24.1 Å². The molecule has 4 rings (SSSR count). The summed E-state index contributed by atoms with van der Waals surface area (Å²) in [4.78, 5) is 31.7. The predicted octanol–water partition coefficient (Wildman–Crippen LogP) is 3.43. The molecule has 1 N–H and O–H groups in total. The maximum atomic E-state index is 12.5. The molecule has 0 aliphatic carbocycles. The first kappa shape index (κ1) is 18.7. The van der Waals surface area contributed by atoms with Gasteiger partial charge in [0.05, 0.1) is 5.69 Å². The van der Waals surface area contributed by atoms with Crippen molar-refractivity contribution in [3.05, 3.63) is 78.5 Å². The first-order chi connectivity index (χ1) is 14.3. The fourth-order valence-corrected chi connectivity index (χ4v) is 3.42. The average molecular weight is 386 g/mol. The lowest BCUT2D eigenvalue weighted by Gasteiger charge is -2.31. The Labute approximate surface area is 169 Å². The van der Waals surface area contributed by atoms with Crippen LogP contribution in [0.2, 0.25) is 0 Å². The number of carbonyl (C=O) groups excluding carboxylic acids is 1. The minimum absolute atomic E-state index is 0.0440. The Morgan fingerprint density at radius 1 is 0.931 bits per heavy atom. The number of anilines is 2. The molecular formula is C22H22N6O. The quantitative estimate of drug-likeness (QED) is 0.677. The first-order valence-electron chi connectivity index (χ1n) is 9.66. The largest absolute Gasteiger partial charge is 0.339 e. The highest BCUT2D eigenvalue weighted by molar-refractivity contribution is 5.91. The van der Waals surface area contributed by atoms with E-state index < -0.39 is 0 Å². The van der Waals surface area contributed by atoms with Gasteiger partial charge in [-0.25, -0.2) is 15.0 Å². The van der Waals surface area contributed by atoms with Gasteiger partial charge >= 0.3 is 0 Å². The lowest BCUT2D eigenvalue weighted by molar-refractivity contribution is -0.126. The van der Waals surface area contributed by atoms with Crippen LogP contribution in [-0.4, -0.2) is 43.8 Å². The van der Waals surface area contributed by atoms with Crippen LogP contribution in [0.25, 0.3) is 6.08 Å². The summed E-state index contributed by atoms with van der Waals surface area (Å²) in [6, 6.07) is 11.6. The molecule has 1 amide bonds. The first-order valence-corrected chi connectivity index (χ1v) is 9.66. The van der Waals surface area contributed by atoms with Crippen LogP contribution in [0.4, 0.5) is 11.8 Å². The summed E-state index contributed by atoms with van der Waals surface area (Å²) >= 11 is 0. The third kappa shape index (κ3) is 4.82. The molecule has 1 aliphatic heterocycles. The van der Waals surface area contributed by atoms with E-state index in [1.54, 1.807) is 36.9 Å². The number of carbonyl (C=O) groups is 1. The molecule has 1 aromatic carbocycles. The number of hydrogen-bond acceptors (Lipinski definition) is 6. The number of rotatable bonds is 5. The van der Waals surface area contributed by atoms with E-state index in [9.17, 15) is 4.79 Å².